The maximum atomic E-state index is 6.08. The summed E-state index contributed by atoms with van der Waals surface area (Å²) in [6.07, 6.45) is 17.6. The van der Waals surface area contributed by atoms with Crippen molar-refractivity contribution in [1.29, 1.82) is 0 Å². The van der Waals surface area contributed by atoms with Crippen LogP contribution in [0.1, 0.15) is 69.1 Å². The summed E-state index contributed by atoms with van der Waals surface area (Å²) in [5, 5.41) is 0. The second-order valence-corrected chi connectivity index (χ2v) is 9.03. The van der Waals surface area contributed by atoms with Crippen LogP contribution < -0.4 is 5.73 Å². The first-order valence-electron chi connectivity index (χ1n) is 11.2. The minimum absolute atomic E-state index is 0.468. The summed E-state index contributed by atoms with van der Waals surface area (Å²) in [4.78, 5) is 6.78. The van der Waals surface area contributed by atoms with Crippen molar-refractivity contribution in [2.45, 2.75) is 83.0 Å². The van der Waals surface area contributed by atoms with Crippen molar-refractivity contribution in [2.24, 2.45) is 17.6 Å². The Morgan fingerprint density at radius 3 is 2.21 bits per heavy atom. The van der Waals surface area contributed by atoms with Gasteiger partial charge in [-0.05, 0) is 99.5 Å². The Kier molecular flexibility index (Phi) is 6.81. The van der Waals surface area contributed by atoms with Crippen molar-refractivity contribution in [1.82, 2.24) is 9.88 Å². The van der Waals surface area contributed by atoms with Gasteiger partial charge in [-0.3, -0.25) is 9.88 Å². The van der Waals surface area contributed by atoms with Gasteiger partial charge in [-0.25, -0.2) is 0 Å². The molecule has 4 nitrogen and oxygen atoms in total. The van der Waals surface area contributed by atoms with Crippen LogP contribution in [0.25, 0.3) is 0 Å². The quantitative estimate of drug-likeness (QED) is 0.721. The lowest BCUT2D eigenvalue weighted by Gasteiger charge is -2.38. The van der Waals surface area contributed by atoms with E-state index in [0.717, 1.165) is 30.7 Å². The van der Waals surface area contributed by atoms with Crippen molar-refractivity contribution in [2.75, 3.05) is 0 Å². The molecular weight excluding hydrogens is 346 g/mol. The van der Waals surface area contributed by atoms with Gasteiger partial charge in [0.05, 0.1) is 12.8 Å². The molecule has 2 saturated carbocycles. The van der Waals surface area contributed by atoms with Gasteiger partial charge in [0, 0.05) is 31.0 Å². The Morgan fingerprint density at radius 1 is 0.893 bits per heavy atom. The molecule has 0 aliphatic heterocycles. The lowest BCUT2D eigenvalue weighted by molar-refractivity contribution is 0.104. The molecule has 2 aliphatic carbocycles. The highest BCUT2D eigenvalue weighted by molar-refractivity contribution is 5.10. The van der Waals surface area contributed by atoms with Crippen LogP contribution in [0.15, 0.2) is 47.3 Å². The van der Waals surface area contributed by atoms with Crippen LogP contribution in [0.3, 0.4) is 0 Å². The van der Waals surface area contributed by atoms with Crippen LogP contribution in [0.2, 0.25) is 0 Å². The molecule has 0 bridgehead atoms. The number of nitrogens with two attached hydrogens (primary N) is 1. The van der Waals surface area contributed by atoms with Gasteiger partial charge in [0.25, 0.3) is 0 Å². The van der Waals surface area contributed by atoms with Gasteiger partial charge in [-0.15, -0.1) is 0 Å². The summed E-state index contributed by atoms with van der Waals surface area (Å²) >= 11 is 0. The Bertz CT molecular complexity index is 671. The van der Waals surface area contributed by atoms with E-state index < -0.39 is 0 Å². The van der Waals surface area contributed by atoms with Gasteiger partial charge in [0.2, 0.25) is 0 Å². The van der Waals surface area contributed by atoms with E-state index in [4.69, 9.17) is 10.2 Å². The molecule has 0 aromatic carbocycles. The molecule has 0 radical (unpaired) electrons. The van der Waals surface area contributed by atoms with Crippen LogP contribution in [0, 0.1) is 11.8 Å². The first-order valence-corrected chi connectivity index (χ1v) is 11.2. The van der Waals surface area contributed by atoms with E-state index >= 15 is 0 Å². The van der Waals surface area contributed by atoms with E-state index in [1.165, 1.54) is 63.4 Å². The van der Waals surface area contributed by atoms with Crippen LogP contribution in [0.4, 0.5) is 0 Å². The van der Waals surface area contributed by atoms with Gasteiger partial charge in [-0.1, -0.05) is 0 Å². The van der Waals surface area contributed by atoms with Crippen molar-refractivity contribution >= 4 is 0 Å². The van der Waals surface area contributed by atoms with Crippen LogP contribution in [0.5, 0.6) is 0 Å². The third-order valence-electron chi connectivity index (χ3n) is 6.96. The average Bonchev–Trinajstić information content (AvgIpc) is 3.24. The number of hydrogen-bond donors (Lipinski definition) is 1. The topological polar surface area (TPSA) is 55.3 Å². The molecule has 2 N–H and O–H groups in total. The Morgan fingerprint density at radius 2 is 1.57 bits per heavy atom. The SMILES string of the molecule is NC1CCC(CC2CCC(N(Cc3ccncc3)Cc3ccco3)CC2)CC1. The van der Waals surface area contributed by atoms with Crippen molar-refractivity contribution in [3.8, 4) is 0 Å². The fourth-order valence-corrected chi connectivity index (χ4v) is 5.28. The van der Waals surface area contributed by atoms with E-state index in [1.807, 2.05) is 18.5 Å². The maximum absolute atomic E-state index is 6.08. The van der Waals surface area contributed by atoms with E-state index in [-0.39, 0.29) is 0 Å². The van der Waals surface area contributed by atoms with Crippen molar-refractivity contribution in [3.63, 3.8) is 0 Å². The minimum atomic E-state index is 0.468. The standard InChI is InChI=1S/C24H35N3O/c25-22-7-3-19(4-8-22)16-20-5-9-23(10-6-20)27(18-24-2-1-15-28-24)17-21-11-13-26-14-12-21/h1-2,11-15,19-20,22-23H,3-10,16-18,25H2. The molecule has 2 heterocycles. The highest BCUT2D eigenvalue weighted by atomic mass is 16.3. The zero-order valence-corrected chi connectivity index (χ0v) is 17.0. The molecule has 0 atom stereocenters. The number of nitrogens with zero attached hydrogens (tertiary/aromatic N) is 2. The number of aromatic nitrogens is 1. The second-order valence-electron chi connectivity index (χ2n) is 9.03. The molecule has 2 aromatic rings. The van der Waals surface area contributed by atoms with Crippen molar-refractivity contribution in [3.05, 3.63) is 54.2 Å². The molecule has 0 saturated heterocycles. The van der Waals surface area contributed by atoms with Gasteiger partial charge in [-0.2, -0.15) is 0 Å². The summed E-state index contributed by atoms with van der Waals surface area (Å²) < 4.78 is 5.66. The molecule has 0 unspecified atom stereocenters. The number of furan rings is 1. The summed E-state index contributed by atoms with van der Waals surface area (Å²) in [5.41, 5.74) is 7.42. The average molecular weight is 382 g/mol. The lowest BCUT2D eigenvalue weighted by atomic mass is 9.75. The summed E-state index contributed by atoms with van der Waals surface area (Å²) in [6.45, 7) is 1.87. The van der Waals surface area contributed by atoms with Gasteiger partial charge in [0.15, 0.2) is 0 Å². The lowest BCUT2D eigenvalue weighted by Crippen LogP contribution is -2.37. The monoisotopic (exact) mass is 381 g/mol. The fourth-order valence-electron chi connectivity index (χ4n) is 5.28. The molecule has 4 rings (SSSR count). The first-order chi connectivity index (χ1) is 13.8. The Balaban J connectivity index is 1.32. The highest BCUT2D eigenvalue weighted by Gasteiger charge is 2.29. The normalized spacial score (nSPS) is 28.5. The van der Waals surface area contributed by atoms with Gasteiger partial charge < -0.3 is 10.2 Å². The van der Waals surface area contributed by atoms with E-state index in [2.05, 4.69) is 28.1 Å². The zero-order valence-electron chi connectivity index (χ0n) is 17.0. The van der Waals surface area contributed by atoms with E-state index in [9.17, 15) is 0 Å². The fraction of sp³-hybridized carbons (Fsp3) is 0.625. The third kappa shape index (κ3) is 5.45. The highest BCUT2D eigenvalue weighted by Crippen LogP contribution is 2.36. The molecule has 2 aromatic heterocycles. The number of rotatable bonds is 7. The van der Waals surface area contributed by atoms with Crippen LogP contribution in [-0.2, 0) is 13.1 Å². The molecular formula is C24H35N3O. The van der Waals surface area contributed by atoms with E-state index in [1.54, 1.807) is 6.26 Å². The largest absolute Gasteiger partial charge is 0.468 e. The third-order valence-corrected chi connectivity index (χ3v) is 6.96. The van der Waals surface area contributed by atoms with Crippen molar-refractivity contribution < 1.29 is 4.42 Å². The predicted molar refractivity (Wildman–Crippen MR) is 112 cm³/mol. The van der Waals surface area contributed by atoms with E-state index in [0.29, 0.717) is 12.1 Å². The molecule has 0 amide bonds. The number of pyridine rings is 1. The zero-order chi connectivity index (χ0) is 19.2. The molecule has 0 spiro atoms. The smallest absolute Gasteiger partial charge is 0.117 e. The number of hydrogen-bond acceptors (Lipinski definition) is 4. The van der Waals surface area contributed by atoms with Crippen LogP contribution in [-0.4, -0.2) is 22.0 Å². The molecule has 2 fully saturated rings. The molecule has 28 heavy (non-hydrogen) atoms. The molecule has 4 heteroatoms. The summed E-state index contributed by atoms with van der Waals surface area (Å²) in [6, 6.07) is 9.47. The summed E-state index contributed by atoms with van der Waals surface area (Å²) in [7, 11) is 0. The second kappa shape index (κ2) is 9.71. The van der Waals surface area contributed by atoms with Gasteiger partial charge >= 0.3 is 0 Å². The van der Waals surface area contributed by atoms with Crippen LogP contribution >= 0.6 is 0 Å². The Hall–Kier alpha value is -1.65. The predicted octanol–water partition coefficient (Wildman–Crippen LogP) is 5.14. The Labute approximate surface area is 169 Å². The maximum Gasteiger partial charge on any atom is 0.117 e. The van der Waals surface area contributed by atoms with Gasteiger partial charge in [0.1, 0.15) is 5.76 Å². The molecule has 152 valence electrons. The minimum Gasteiger partial charge on any atom is -0.468 e. The summed E-state index contributed by atoms with van der Waals surface area (Å²) in [5.74, 6) is 2.91. The first kappa shape index (κ1) is 19.7. The molecule has 2 aliphatic rings.